The van der Waals surface area contributed by atoms with Crippen LogP contribution in [-0.2, 0) is 14.1 Å². The Hall–Kier alpha value is -2.41. The predicted octanol–water partition coefficient (Wildman–Crippen LogP) is 1.89. The van der Waals surface area contributed by atoms with E-state index >= 15 is 0 Å². The van der Waals surface area contributed by atoms with Gasteiger partial charge in [-0.05, 0) is 25.1 Å². The molecule has 1 N–H and O–H groups in total. The molecule has 0 atom stereocenters. The van der Waals surface area contributed by atoms with E-state index in [0.717, 1.165) is 16.7 Å². The van der Waals surface area contributed by atoms with Crippen molar-refractivity contribution in [1.29, 1.82) is 0 Å². The van der Waals surface area contributed by atoms with Crippen molar-refractivity contribution in [2.75, 3.05) is 5.32 Å². The fraction of sp³-hybridized carbons (Fsp3) is 0.214. The molecule has 0 fully saturated rings. The number of anilines is 1. The van der Waals surface area contributed by atoms with Gasteiger partial charge in [-0.1, -0.05) is 0 Å². The van der Waals surface area contributed by atoms with Crippen LogP contribution >= 0.6 is 11.3 Å². The lowest BCUT2D eigenvalue weighted by Crippen LogP contribution is -2.19. The Bertz CT molecular complexity index is 903. The highest BCUT2D eigenvalue weighted by atomic mass is 32.1. The van der Waals surface area contributed by atoms with E-state index in [9.17, 15) is 9.59 Å². The van der Waals surface area contributed by atoms with Gasteiger partial charge in [0.25, 0.3) is 5.91 Å². The van der Waals surface area contributed by atoms with E-state index < -0.39 is 0 Å². The molecule has 0 aliphatic rings. The normalized spacial score (nSPS) is 11.0. The number of aromatic nitrogens is 3. The number of thiazole rings is 1. The summed E-state index contributed by atoms with van der Waals surface area (Å²) in [5.41, 5.74) is 2.78. The summed E-state index contributed by atoms with van der Waals surface area (Å²) in [4.78, 5) is 28.3. The average molecular weight is 302 g/mol. The molecule has 0 bridgehead atoms. The number of imidazole rings is 1. The van der Waals surface area contributed by atoms with Crippen molar-refractivity contribution in [2.45, 2.75) is 6.92 Å². The number of aryl methyl sites for hydroxylation is 3. The molecule has 2 aromatic heterocycles. The highest BCUT2D eigenvalue weighted by Gasteiger charge is 2.13. The lowest BCUT2D eigenvalue weighted by Gasteiger charge is -2.03. The Kier molecular flexibility index (Phi) is 3.13. The Morgan fingerprint density at radius 1 is 1.24 bits per heavy atom. The third-order valence-corrected chi connectivity index (χ3v) is 4.25. The van der Waals surface area contributed by atoms with E-state index in [1.54, 1.807) is 36.9 Å². The van der Waals surface area contributed by atoms with Gasteiger partial charge < -0.3 is 0 Å². The minimum absolute atomic E-state index is 0.113. The molecule has 0 saturated carbocycles. The van der Waals surface area contributed by atoms with Crippen LogP contribution in [0.2, 0.25) is 0 Å². The van der Waals surface area contributed by atoms with Crippen molar-refractivity contribution in [3.8, 4) is 0 Å². The molecule has 108 valence electrons. The van der Waals surface area contributed by atoms with E-state index in [4.69, 9.17) is 0 Å². The minimum atomic E-state index is -0.234. The van der Waals surface area contributed by atoms with Gasteiger partial charge in [-0.3, -0.25) is 19.2 Å². The number of fused-ring (bicyclic) bond motifs is 1. The van der Waals surface area contributed by atoms with Crippen molar-refractivity contribution >= 4 is 33.4 Å². The summed E-state index contributed by atoms with van der Waals surface area (Å²) in [5, 5.41) is 5.20. The molecule has 1 amide bonds. The second-order valence-electron chi connectivity index (χ2n) is 4.85. The summed E-state index contributed by atoms with van der Waals surface area (Å²) in [6.45, 7) is 1.87. The van der Waals surface area contributed by atoms with E-state index in [1.807, 2.05) is 12.3 Å². The van der Waals surface area contributed by atoms with Crippen molar-refractivity contribution in [2.24, 2.45) is 14.1 Å². The van der Waals surface area contributed by atoms with Crippen LogP contribution in [-0.4, -0.2) is 20.0 Å². The van der Waals surface area contributed by atoms with Gasteiger partial charge >= 0.3 is 5.69 Å². The number of carbonyl (C=O) groups is 1. The fourth-order valence-corrected chi connectivity index (χ4v) is 2.91. The molecule has 3 aromatic rings. The van der Waals surface area contributed by atoms with Crippen molar-refractivity contribution in [3.63, 3.8) is 0 Å². The first-order valence-corrected chi connectivity index (χ1v) is 7.24. The predicted molar refractivity (Wildman–Crippen MR) is 83.0 cm³/mol. The first-order valence-electron chi connectivity index (χ1n) is 6.36. The number of nitrogens with zero attached hydrogens (tertiary/aromatic N) is 3. The molecular weight excluding hydrogens is 288 g/mol. The Morgan fingerprint density at radius 3 is 2.62 bits per heavy atom. The van der Waals surface area contributed by atoms with Gasteiger partial charge in [0, 0.05) is 25.0 Å². The lowest BCUT2D eigenvalue weighted by atomic mass is 10.2. The van der Waals surface area contributed by atoms with Gasteiger partial charge in [-0.15, -0.1) is 11.3 Å². The molecule has 21 heavy (non-hydrogen) atoms. The van der Waals surface area contributed by atoms with E-state index in [-0.39, 0.29) is 11.6 Å². The van der Waals surface area contributed by atoms with Crippen LogP contribution in [0.25, 0.3) is 11.0 Å². The molecule has 6 nitrogen and oxygen atoms in total. The summed E-state index contributed by atoms with van der Waals surface area (Å²) >= 11 is 1.38. The summed E-state index contributed by atoms with van der Waals surface area (Å²) in [5.74, 6) is -0.234. The first-order chi connectivity index (χ1) is 9.97. The summed E-state index contributed by atoms with van der Waals surface area (Å²) in [6.07, 6.45) is 0. The Morgan fingerprint density at radius 2 is 1.95 bits per heavy atom. The summed E-state index contributed by atoms with van der Waals surface area (Å²) in [7, 11) is 3.40. The van der Waals surface area contributed by atoms with Crippen LogP contribution in [0, 0.1) is 6.92 Å². The number of benzene rings is 1. The van der Waals surface area contributed by atoms with Gasteiger partial charge in [0.1, 0.15) is 0 Å². The van der Waals surface area contributed by atoms with E-state index in [0.29, 0.717) is 10.7 Å². The number of hydrogen-bond donors (Lipinski definition) is 1. The smallest absolute Gasteiger partial charge is 0.298 e. The molecule has 0 aliphatic heterocycles. The molecule has 0 radical (unpaired) electrons. The highest BCUT2D eigenvalue weighted by Crippen LogP contribution is 2.18. The molecule has 0 unspecified atom stereocenters. The van der Waals surface area contributed by atoms with Gasteiger partial charge in [0.15, 0.2) is 5.13 Å². The van der Waals surface area contributed by atoms with E-state index in [1.165, 1.54) is 15.9 Å². The third-order valence-electron chi connectivity index (χ3n) is 3.37. The third kappa shape index (κ3) is 2.25. The van der Waals surface area contributed by atoms with Crippen molar-refractivity contribution in [1.82, 2.24) is 14.1 Å². The lowest BCUT2D eigenvalue weighted by molar-refractivity contribution is 0.102. The number of nitrogens with one attached hydrogen (secondary N) is 1. The van der Waals surface area contributed by atoms with Gasteiger partial charge in [-0.2, -0.15) is 0 Å². The second kappa shape index (κ2) is 4.85. The number of hydrogen-bond acceptors (Lipinski definition) is 4. The molecule has 0 aliphatic carbocycles. The van der Waals surface area contributed by atoms with Crippen LogP contribution < -0.4 is 11.0 Å². The summed E-state index contributed by atoms with van der Waals surface area (Å²) in [6, 6.07) is 5.20. The molecule has 3 rings (SSSR count). The SMILES string of the molecule is Cc1csc(NC(=O)c2ccc3c(c2)n(C)c(=O)n3C)n1. The maximum Gasteiger partial charge on any atom is 0.328 e. The maximum atomic E-state index is 12.2. The fourth-order valence-electron chi connectivity index (χ4n) is 2.23. The second-order valence-corrected chi connectivity index (χ2v) is 5.71. The molecule has 0 saturated heterocycles. The molecule has 7 heteroatoms. The first kappa shape index (κ1) is 13.6. The zero-order valence-electron chi connectivity index (χ0n) is 11.9. The highest BCUT2D eigenvalue weighted by molar-refractivity contribution is 7.13. The molecule has 2 heterocycles. The number of carbonyl (C=O) groups excluding carboxylic acids is 1. The zero-order valence-corrected chi connectivity index (χ0v) is 12.7. The van der Waals surface area contributed by atoms with Crippen molar-refractivity contribution in [3.05, 3.63) is 45.3 Å². The standard InChI is InChI=1S/C14H14N4O2S/c1-8-7-21-13(15-8)16-12(19)9-4-5-10-11(6-9)18(3)14(20)17(10)2/h4-7H,1-3H3,(H,15,16,19). The van der Waals surface area contributed by atoms with Gasteiger partial charge in [0.05, 0.1) is 16.7 Å². The van der Waals surface area contributed by atoms with E-state index in [2.05, 4.69) is 10.3 Å². The number of rotatable bonds is 2. The van der Waals surface area contributed by atoms with Crippen LogP contribution in [0.1, 0.15) is 16.1 Å². The van der Waals surface area contributed by atoms with Crippen LogP contribution in [0.4, 0.5) is 5.13 Å². The van der Waals surface area contributed by atoms with Gasteiger partial charge in [0.2, 0.25) is 0 Å². The topological polar surface area (TPSA) is 68.9 Å². The maximum absolute atomic E-state index is 12.2. The number of amides is 1. The monoisotopic (exact) mass is 302 g/mol. The van der Waals surface area contributed by atoms with Crippen LogP contribution in [0.15, 0.2) is 28.4 Å². The van der Waals surface area contributed by atoms with Crippen LogP contribution in [0.3, 0.4) is 0 Å². The Labute approximate surface area is 124 Å². The Balaban J connectivity index is 1.99. The van der Waals surface area contributed by atoms with Gasteiger partial charge in [-0.25, -0.2) is 9.78 Å². The minimum Gasteiger partial charge on any atom is -0.298 e. The zero-order chi connectivity index (χ0) is 15.1. The molecular formula is C14H14N4O2S. The van der Waals surface area contributed by atoms with Crippen molar-refractivity contribution < 1.29 is 4.79 Å². The summed E-state index contributed by atoms with van der Waals surface area (Å²) < 4.78 is 3.08. The largest absolute Gasteiger partial charge is 0.328 e. The van der Waals surface area contributed by atoms with Crippen LogP contribution in [0.5, 0.6) is 0 Å². The average Bonchev–Trinajstić information content (AvgIpc) is 2.97. The quantitative estimate of drug-likeness (QED) is 0.786. The molecule has 0 spiro atoms. The molecule has 1 aromatic carbocycles.